The molecule has 0 aromatic heterocycles. The highest BCUT2D eigenvalue weighted by Crippen LogP contribution is 2.25. The first-order valence-corrected chi connectivity index (χ1v) is 12.4. The quantitative estimate of drug-likeness (QED) is 0.458. The predicted molar refractivity (Wildman–Crippen MR) is 135 cm³/mol. The maximum absolute atomic E-state index is 6.16. The van der Waals surface area contributed by atoms with Crippen molar-refractivity contribution in [2.75, 3.05) is 59.1 Å². The number of nitrogens with zero attached hydrogens (tertiary/aromatic N) is 1. The minimum Gasteiger partial charge on any atom is -0.492 e. The van der Waals surface area contributed by atoms with Crippen molar-refractivity contribution in [1.29, 1.82) is 0 Å². The standard InChI is InChI=1S/C25H31BrClN3O2/c26-25-14-23(27)4-3-22(25)2-1-19-11-20(15-28-16-21-17-29-18-21)13-24(12-19)32-10-7-30-5-8-31-9-6-30/h1-4,11-14,21,28-29H,5-10,15-18H2/b2-1-. The van der Waals surface area contributed by atoms with Crippen LogP contribution in [0.1, 0.15) is 16.7 Å². The highest BCUT2D eigenvalue weighted by atomic mass is 79.9. The number of ether oxygens (including phenoxy) is 2. The Bertz CT molecular complexity index is 914. The molecule has 2 N–H and O–H groups in total. The average molecular weight is 521 g/mol. The number of benzene rings is 2. The molecule has 7 heteroatoms. The summed E-state index contributed by atoms with van der Waals surface area (Å²) in [5.74, 6) is 1.65. The van der Waals surface area contributed by atoms with Crippen molar-refractivity contribution in [3.63, 3.8) is 0 Å². The highest BCUT2D eigenvalue weighted by molar-refractivity contribution is 9.10. The monoisotopic (exact) mass is 519 g/mol. The summed E-state index contributed by atoms with van der Waals surface area (Å²) < 4.78 is 12.6. The summed E-state index contributed by atoms with van der Waals surface area (Å²) in [7, 11) is 0. The molecule has 2 saturated heterocycles. The number of nitrogens with one attached hydrogen (secondary N) is 2. The molecule has 0 amide bonds. The van der Waals surface area contributed by atoms with E-state index in [2.05, 4.69) is 61.8 Å². The Morgan fingerprint density at radius 3 is 2.75 bits per heavy atom. The first-order chi connectivity index (χ1) is 15.7. The molecule has 32 heavy (non-hydrogen) atoms. The molecule has 2 fully saturated rings. The Morgan fingerprint density at radius 1 is 1.16 bits per heavy atom. The van der Waals surface area contributed by atoms with E-state index in [1.807, 2.05) is 18.2 Å². The Hall–Kier alpha value is -1.41. The van der Waals surface area contributed by atoms with Crippen molar-refractivity contribution in [3.05, 3.63) is 62.6 Å². The van der Waals surface area contributed by atoms with Gasteiger partial charge in [-0.15, -0.1) is 0 Å². The van der Waals surface area contributed by atoms with Gasteiger partial charge in [0.2, 0.25) is 0 Å². The van der Waals surface area contributed by atoms with E-state index in [-0.39, 0.29) is 0 Å². The van der Waals surface area contributed by atoms with Crippen LogP contribution in [0.15, 0.2) is 40.9 Å². The molecule has 0 spiro atoms. The number of hydrogen-bond acceptors (Lipinski definition) is 5. The van der Waals surface area contributed by atoms with Crippen molar-refractivity contribution in [1.82, 2.24) is 15.5 Å². The maximum Gasteiger partial charge on any atom is 0.120 e. The summed E-state index contributed by atoms with van der Waals surface area (Å²) in [6.45, 7) is 9.28. The first kappa shape index (κ1) is 23.7. The normalized spacial score (nSPS) is 17.6. The Morgan fingerprint density at radius 2 is 2.00 bits per heavy atom. The zero-order valence-corrected chi connectivity index (χ0v) is 20.6. The van der Waals surface area contributed by atoms with Crippen molar-refractivity contribution < 1.29 is 9.47 Å². The largest absolute Gasteiger partial charge is 0.492 e. The van der Waals surface area contributed by atoms with Gasteiger partial charge >= 0.3 is 0 Å². The number of halogens is 2. The third-order valence-corrected chi connectivity index (χ3v) is 6.74. The Kier molecular flexibility index (Phi) is 9.02. The third kappa shape index (κ3) is 7.30. The molecule has 0 bridgehead atoms. The highest BCUT2D eigenvalue weighted by Gasteiger charge is 2.15. The average Bonchev–Trinajstić information content (AvgIpc) is 2.76. The van der Waals surface area contributed by atoms with Crippen molar-refractivity contribution in [3.8, 4) is 5.75 Å². The predicted octanol–water partition coefficient (Wildman–Crippen LogP) is 4.29. The van der Waals surface area contributed by atoms with E-state index in [1.165, 1.54) is 5.56 Å². The van der Waals surface area contributed by atoms with Gasteiger partial charge in [0.1, 0.15) is 12.4 Å². The minimum atomic E-state index is 0.677. The number of rotatable bonds is 10. The van der Waals surface area contributed by atoms with E-state index in [1.54, 1.807) is 0 Å². The topological polar surface area (TPSA) is 45.8 Å². The summed E-state index contributed by atoms with van der Waals surface area (Å²) >= 11 is 9.67. The van der Waals surface area contributed by atoms with Crippen molar-refractivity contribution >= 4 is 39.7 Å². The van der Waals surface area contributed by atoms with Crippen LogP contribution in [-0.2, 0) is 11.3 Å². The molecule has 2 heterocycles. The molecule has 0 atom stereocenters. The molecule has 2 aliphatic heterocycles. The van der Waals surface area contributed by atoms with E-state index >= 15 is 0 Å². The molecule has 0 saturated carbocycles. The van der Waals surface area contributed by atoms with E-state index < -0.39 is 0 Å². The van der Waals surface area contributed by atoms with Gasteiger partial charge in [0.05, 0.1) is 13.2 Å². The molecule has 0 unspecified atom stereocenters. The lowest BCUT2D eigenvalue weighted by Gasteiger charge is -2.27. The Labute approximate surface area is 204 Å². The van der Waals surface area contributed by atoms with E-state index in [4.69, 9.17) is 21.1 Å². The van der Waals surface area contributed by atoms with Gasteiger partial charge in [0, 0.05) is 55.3 Å². The molecule has 5 nitrogen and oxygen atoms in total. The Balaban J connectivity index is 1.42. The summed E-state index contributed by atoms with van der Waals surface area (Å²) in [6, 6.07) is 12.3. The van der Waals surface area contributed by atoms with E-state index in [0.29, 0.717) is 6.61 Å². The molecule has 4 rings (SSSR count). The van der Waals surface area contributed by atoms with Gasteiger partial charge in [0.15, 0.2) is 0 Å². The van der Waals surface area contributed by atoms with E-state index in [0.717, 1.165) is 91.3 Å². The van der Waals surface area contributed by atoms with Crippen LogP contribution < -0.4 is 15.4 Å². The molecule has 172 valence electrons. The van der Waals surface area contributed by atoms with Crippen LogP contribution in [0.4, 0.5) is 0 Å². The summed E-state index contributed by atoms with van der Waals surface area (Å²) in [5, 5.41) is 7.64. The molecular weight excluding hydrogens is 490 g/mol. The molecular formula is C25H31BrClN3O2. The van der Waals surface area contributed by atoms with Crippen LogP contribution in [0.25, 0.3) is 12.2 Å². The molecule has 0 radical (unpaired) electrons. The smallest absolute Gasteiger partial charge is 0.120 e. The second-order valence-corrected chi connectivity index (χ2v) is 9.66. The second kappa shape index (κ2) is 12.2. The third-order valence-electron chi connectivity index (χ3n) is 5.81. The van der Waals surface area contributed by atoms with Gasteiger partial charge in [-0.2, -0.15) is 0 Å². The zero-order valence-electron chi connectivity index (χ0n) is 18.3. The van der Waals surface area contributed by atoms with Gasteiger partial charge in [0.25, 0.3) is 0 Å². The molecule has 2 aliphatic rings. The van der Waals surface area contributed by atoms with Crippen molar-refractivity contribution in [2.24, 2.45) is 5.92 Å². The maximum atomic E-state index is 6.16. The fraction of sp³-hybridized carbons (Fsp3) is 0.440. The van der Waals surface area contributed by atoms with Gasteiger partial charge in [-0.25, -0.2) is 0 Å². The van der Waals surface area contributed by atoms with E-state index in [9.17, 15) is 0 Å². The van der Waals surface area contributed by atoms with Crippen LogP contribution in [0, 0.1) is 5.92 Å². The van der Waals surface area contributed by atoms with Gasteiger partial charge in [-0.1, -0.05) is 51.8 Å². The fourth-order valence-electron chi connectivity index (χ4n) is 3.82. The van der Waals surface area contributed by atoms with Crippen LogP contribution in [0.2, 0.25) is 5.02 Å². The summed E-state index contributed by atoms with van der Waals surface area (Å²) in [6.07, 6.45) is 4.23. The molecule has 2 aromatic rings. The van der Waals surface area contributed by atoms with Crippen LogP contribution in [0.5, 0.6) is 5.75 Å². The summed E-state index contributed by atoms with van der Waals surface area (Å²) in [5.41, 5.74) is 3.44. The summed E-state index contributed by atoms with van der Waals surface area (Å²) in [4.78, 5) is 2.39. The first-order valence-electron chi connectivity index (χ1n) is 11.3. The van der Waals surface area contributed by atoms with Crippen LogP contribution >= 0.6 is 27.5 Å². The molecule has 0 aliphatic carbocycles. The molecule has 2 aromatic carbocycles. The zero-order chi connectivity index (χ0) is 22.2. The number of hydrogen-bond donors (Lipinski definition) is 2. The van der Waals surface area contributed by atoms with Crippen molar-refractivity contribution in [2.45, 2.75) is 6.54 Å². The van der Waals surface area contributed by atoms with Gasteiger partial charge in [-0.05, 0) is 46.9 Å². The fourth-order valence-corrected chi connectivity index (χ4v) is 4.64. The van der Waals surface area contributed by atoms with Crippen LogP contribution in [0.3, 0.4) is 0 Å². The SMILES string of the molecule is Clc1ccc(/C=C\c2cc(CNCC3CNC3)cc(OCCN3CCOCC3)c2)c(Br)c1. The minimum absolute atomic E-state index is 0.677. The lowest BCUT2D eigenvalue weighted by molar-refractivity contribution is 0.0322. The van der Waals surface area contributed by atoms with Gasteiger partial charge in [-0.3, -0.25) is 4.90 Å². The number of morpholine rings is 1. The second-order valence-electron chi connectivity index (χ2n) is 8.37. The lowest BCUT2D eigenvalue weighted by Crippen LogP contribution is -2.47. The van der Waals surface area contributed by atoms with Crippen LogP contribution in [-0.4, -0.2) is 64.0 Å². The van der Waals surface area contributed by atoms with Gasteiger partial charge < -0.3 is 20.1 Å². The lowest BCUT2D eigenvalue weighted by atomic mass is 10.0.